The summed E-state index contributed by atoms with van der Waals surface area (Å²) >= 11 is 0. The van der Waals surface area contributed by atoms with Crippen molar-refractivity contribution in [3.63, 3.8) is 0 Å². The van der Waals surface area contributed by atoms with Gasteiger partial charge in [-0.1, -0.05) is 32.9 Å². The van der Waals surface area contributed by atoms with Crippen LogP contribution in [0.15, 0.2) is 24.3 Å². The average molecular weight is 344 g/mol. The van der Waals surface area contributed by atoms with E-state index in [9.17, 15) is 4.79 Å². The van der Waals surface area contributed by atoms with Crippen LogP contribution in [0.3, 0.4) is 0 Å². The van der Waals surface area contributed by atoms with Crippen molar-refractivity contribution in [1.82, 2.24) is 10.2 Å². The van der Waals surface area contributed by atoms with Crippen molar-refractivity contribution in [2.45, 2.75) is 58.5 Å². The maximum atomic E-state index is 12.8. The molecule has 2 aliphatic heterocycles. The topological polar surface area (TPSA) is 41.6 Å². The molecule has 0 aliphatic carbocycles. The summed E-state index contributed by atoms with van der Waals surface area (Å²) in [6.07, 6.45) is 3.03. The Kier molecular flexibility index (Phi) is 5.10. The second kappa shape index (κ2) is 6.99. The minimum absolute atomic E-state index is 0.0725. The number of rotatable bonds is 3. The number of piperidine rings is 1. The van der Waals surface area contributed by atoms with Crippen LogP contribution in [0.1, 0.15) is 52.5 Å². The maximum Gasteiger partial charge on any atom is 0.263 e. The van der Waals surface area contributed by atoms with Crippen LogP contribution in [0.5, 0.6) is 5.75 Å². The minimum Gasteiger partial charge on any atom is -0.481 e. The first-order valence-electron chi connectivity index (χ1n) is 9.56. The molecule has 2 saturated heterocycles. The first-order chi connectivity index (χ1) is 11.8. The minimum atomic E-state index is -0.439. The van der Waals surface area contributed by atoms with Crippen molar-refractivity contribution in [3.8, 4) is 5.75 Å². The van der Waals surface area contributed by atoms with Crippen molar-refractivity contribution >= 4 is 5.91 Å². The van der Waals surface area contributed by atoms with Crippen molar-refractivity contribution in [3.05, 3.63) is 29.8 Å². The lowest BCUT2D eigenvalue weighted by molar-refractivity contribution is -0.140. The Morgan fingerprint density at radius 3 is 2.56 bits per heavy atom. The summed E-state index contributed by atoms with van der Waals surface area (Å²) in [6, 6.07) is 8.11. The molecule has 0 saturated carbocycles. The number of nitrogens with one attached hydrogen (secondary N) is 1. The number of amides is 1. The van der Waals surface area contributed by atoms with E-state index >= 15 is 0 Å². The van der Waals surface area contributed by atoms with E-state index in [0.717, 1.165) is 44.8 Å². The van der Waals surface area contributed by atoms with Gasteiger partial charge in [-0.2, -0.15) is 0 Å². The molecule has 1 atom stereocenters. The van der Waals surface area contributed by atoms with Crippen LogP contribution in [0.4, 0.5) is 0 Å². The van der Waals surface area contributed by atoms with Gasteiger partial charge in [0.15, 0.2) is 6.10 Å². The second-order valence-electron chi connectivity index (χ2n) is 8.79. The van der Waals surface area contributed by atoms with Crippen molar-refractivity contribution in [2.24, 2.45) is 5.41 Å². The Morgan fingerprint density at radius 1 is 1.24 bits per heavy atom. The summed E-state index contributed by atoms with van der Waals surface area (Å²) in [5, 5.41) is 3.47. The van der Waals surface area contributed by atoms with Gasteiger partial charge in [0.25, 0.3) is 5.91 Å². The highest BCUT2D eigenvalue weighted by Crippen LogP contribution is 2.37. The number of benzene rings is 1. The van der Waals surface area contributed by atoms with Crippen LogP contribution in [0.25, 0.3) is 0 Å². The first kappa shape index (κ1) is 18.2. The molecule has 0 bridgehead atoms. The monoisotopic (exact) mass is 344 g/mol. The highest BCUT2D eigenvalue weighted by atomic mass is 16.5. The van der Waals surface area contributed by atoms with Gasteiger partial charge in [-0.05, 0) is 61.3 Å². The fourth-order valence-corrected chi connectivity index (χ4v) is 3.97. The summed E-state index contributed by atoms with van der Waals surface area (Å²) in [5.74, 6) is 0.892. The molecule has 2 aliphatic rings. The number of carbonyl (C=O) groups is 1. The van der Waals surface area contributed by atoms with Crippen LogP contribution in [0, 0.1) is 5.41 Å². The van der Waals surface area contributed by atoms with E-state index < -0.39 is 6.10 Å². The van der Waals surface area contributed by atoms with Gasteiger partial charge in [-0.25, -0.2) is 0 Å². The van der Waals surface area contributed by atoms with Gasteiger partial charge >= 0.3 is 0 Å². The zero-order valence-corrected chi connectivity index (χ0v) is 16.1. The molecule has 138 valence electrons. The average Bonchev–Trinajstić information content (AvgIpc) is 3.02. The molecule has 1 aromatic rings. The standard InChI is InChI=1S/C21H32N2O2/c1-16(25-18-7-5-6-17(14-18)20(2,3)4)19(24)23-12-9-21(10-13-23)8-11-22-15-21/h5-7,14,16,22H,8-13,15H2,1-4H3. The Labute approximate surface area is 151 Å². The second-order valence-corrected chi connectivity index (χ2v) is 8.79. The van der Waals surface area contributed by atoms with Crippen molar-refractivity contribution in [1.29, 1.82) is 0 Å². The fraction of sp³-hybridized carbons (Fsp3) is 0.667. The number of hydrogen-bond acceptors (Lipinski definition) is 3. The third-order valence-corrected chi connectivity index (χ3v) is 5.83. The van der Waals surface area contributed by atoms with Gasteiger partial charge in [0, 0.05) is 19.6 Å². The van der Waals surface area contributed by atoms with E-state index in [-0.39, 0.29) is 11.3 Å². The van der Waals surface area contributed by atoms with Crippen molar-refractivity contribution < 1.29 is 9.53 Å². The third-order valence-electron chi connectivity index (χ3n) is 5.83. The molecular weight excluding hydrogens is 312 g/mol. The van der Waals surface area contributed by atoms with E-state index in [1.807, 2.05) is 24.0 Å². The Hall–Kier alpha value is -1.55. The number of nitrogens with zero attached hydrogens (tertiary/aromatic N) is 1. The molecule has 0 aromatic heterocycles. The highest BCUT2D eigenvalue weighted by Gasteiger charge is 2.38. The van der Waals surface area contributed by atoms with E-state index in [1.54, 1.807) is 0 Å². The summed E-state index contributed by atoms with van der Waals surface area (Å²) in [7, 11) is 0. The Morgan fingerprint density at radius 2 is 1.96 bits per heavy atom. The molecular formula is C21H32N2O2. The SMILES string of the molecule is CC(Oc1cccc(C(C)(C)C)c1)C(=O)N1CCC2(CCNC2)CC1. The van der Waals surface area contributed by atoms with Gasteiger partial charge < -0.3 is 15.0 Å². The lowest BCUT2D eigenvalue weighted by atomic mass is 9.78. The van der Waals surface area contributed by atoms with Gasteiger partial charge in [0.1, 0.15) is 5.75 Å². The van der Waals surface area contributed by atoms with Crippen LogP contribution < -0.4 is 10.1 Å². The molecule has 0 radical (unpaired) electrons. The zero-order valence-electron chi connectivity index (χ0n) is 16.1. The number of likely N-dealkylation sites (tertiary alicyclic amines) is 1. The molecule has 1 unspecified atom stereocenters. The van der Waals surface area contributed by atoms with Crippen molar-refractivity contribution in [2.75, 3.05) is 26.2 Å². The molecule has 1 amide bonds. The fourth-order valence-electron chi connectivity index (χ4n) is 3.97. The predicted molar refractivity (Wildman–Crippen MR) is 101 cm³/mol. The van der Waals surface area contributed by atoms with Crippen LogP contribution >= 0.6 is 0 Å². The van der Waals surface area contributed by atoms with Crippen LogP contribution in [0.2, 0.25) is 0 Å². The van der Waals surface area contributed by atoms with Crippen LogP contribution in [-0.2, 0) is 10.2 Å². The van der Waals surface area contributed by atoms with E-state index in [2.05, 4.69) is 38.2 Å². The number of ether oxygens (including phenoxy) is 1. The molecule has 25 heavy (non-hydrogen) atoms. The number of hydrogen-bond donors (Lipinski definition) is 1. The first-order valence-corrected chi connectivity index (χ1v) is 9.56. The van der Waals surface area contributed by atoms with E-state index in [4.69, 9.17) is 4.74 Å². The molecule has 2 heterocycles. The maximum absolute atomic E-state index is 12.8. The summed E-state index contributed by atoms with van der Waals surface area (Å²) in [6.45, 7) is 12.4. The molecule has 3 rings (SSSR count). The third kappa shape index (κ3) is 4.17. The summed E-state index contributed by atoms with van der Waals surface area (Å²) in [4.78, 5) is 14.8. The molecule has 4 nitrogen and oxygen atoms in total. The molecule has 1 spiro atoms. The molecule has 4 heteroatoms. The smallest absolute Gasteiger partial charge is 0.263 e. The zero-order chi connectivity index (χ0) is 18.1. The quantitative estimate of drug-likeness (QED) is 0.914. The lowest BCUT2D eigenvalue weighted by Crippen LogP contribution is -2.48. The van der Waals surface area contributed by atoms with Crippen LogP contribution in [-0.4, -0.2) is 43.1 Å². The Balaban J connectivity index is 1.58. The molecule has 1 aromatic carbocycles. The van der Waals surface area contributed by atoms with E-state index in [1.165, 1.54) is 12.0 Å². The van der Waals surface area contributed by atoms with E-state index in [0.29, 0.717) is 5.41 Å². The van der Waals surface area contributed by atoms with Gasteiger partial charge in [0.2, 0.25) is 0 Å². The largest absolute Gasteiger partial charge is 0.481 e. The predicted octanol–water partition coefficient (Wildman–Crippen LogP) is 3.35. The molecule has 2 fully saturated rings. The van der Waals surface area contributed by atoms with Gasteiger partial charge in [-0.15, -0.1) is 0 Å². The lowest BCUT2D eigenvalue weighted by Gasteiger charge is -2.39. The normalized spacial score (nSPS) is 21.4. The number of carbonyl (C=O) groups excluding carboxylic acids is 1. The van der Waals surface area contributed by atoms with Gasteiger partial charge in [0.05, 0.1) is 0 Å². The van der Waals surface area contributed by atoms with Gasteiger partial charge in [-0.3, -0.25) is 4.79 Å². The summed E-state index contributed by atoms with van der Waals surface area (Å²) < 4.78 is 5.98. The molecule has 1 N–H and O–H groups in total. The highest BCUT2D eigenvalue weighted by molar-refractivity contribution is 5.81. The summed E-state index contributed by atoms with van der Waals surface area (Å²) in [5.41, 5.74) is 1.73. The Bertz CT molecular complexity index is 605.